The Morgan fingerprint density at radius 1 is 1.24 bits per heavy atom. The molecule has 5 nitrogen and oxygen atoms in total. The van der Waals surface area contributed by atoms with E-state index in [4.69, 9.17) is 5.73 Å². The summed E-state index contributed by atoms with van der Waals surface area (Å²) < 4.78 is 4.59. The summed E-state index contributed by atoms with van der Waals surface area (Å²) in [5.74, 6) is -0.261. The van der Waals surface area contributed by atoms with Gasteiger partial charge in [0.25, 0.3) is 0 Å². The first-order valence-corrected chi connectivity index (χ1v) is 6.72. The number of hydrogen-bond donors (Lipinski definition) is 2. The molecule has 0 aromatic heterocycles. The normalized spacial score (nSPS) is 11.2. The van der Waals surface area contributed by atoms with E-state index in [0.717, 1.165) is 11.3 Å². The Balaban J connectivity index is 0.00000400. The van der Waals surface area contributed by atoms with E-state index in [9.17, 15) is 9.59 Å². The molecule has 0 spiro atoms. The number of amides is 1. The number of rotatable bonds is 7. The van der Waals surface area contributed by atoms with Gasteiger partial charge in [-0.1, -0.05) is 12.1 Å². The summed E-state index contributed by atoms with van der Waals surface area (Å²) >= 11 is 0. The average molecular weight is 315 g/mol. The zero-order chi connectivity index (χ0) is 15.0. The zero-order valence-electron chi connectivity index (χ0n) is 12.4. The molecule has 0 saturated carbocycles. The minimum Gasteiger partial charge on any atom is -0.469 e. The predicted octanol–water partition coefficient (Wildman–Crippen LogP) is 2.28. The number of halogens is 1. The maximum atomic E-state index is 11.6. The largest absolute Gasteiger partial charge is 0.469 e. The van der Waals surface area contributed by atoms with Gasteiger partial charge in [0.1, 0.15) is 0 Å². The molecule has 21 heavy (non-hydrogen) atoms. The summed E-state index contributed by atoms with van der Waals surface area (Å²) in [6.07, 6.45) is 2.08. The first kappa shape index (κ1) is 19.4. The van der Waals surface area contributed by atoms with Crippen molar-refractivity contribution in [1.29, 1.82) is 0 Å². The van der Waals surface area contributed by atoms with Crippen LogP contribution in [0.4, 0.5) is 5.69 Å². The number of carbonyl (C=O) groups excluding carboxylic acids is 2. The fourth-order valence-corrected chi connectivity index (χ4v) is 1.69. The maximum Gasteiger partial charge on any atom is 0.305 e. The van der Waals surface area contributed by atoms with Gasteiger partial charge in [0.2, 0.25) is 5.91 Å². The number of hydrogen-bond acceptors (Lipinski definition) is 4. The van der Waals surface area contributed by atoms with Crippen molar-refractivity contribution in [3.05, 3.63) is 29.8 Å². The number of nitrogens with two attached hydrogens (primary N) is 1. The van der Waals surface area contributed by atoms with E-state index >= 15 is 0 Å². The van der Waals surface area contributed by atoms with Gasteiger partial charge < -0.3 is 15.8 Å². The van der Waals surface area contributed by atoms with Gasteiger partial charge >= 0.3 is 5.97 Å². The second kappa shape index (κ2) is 10.2. The van der Waals surface area contributed by atoms with E-state index in [1.54, 1.807) is 0 Å². The van der Waals surface area contributed by atoms with Gasteiger partial charge in [-0.2, -0.15) is 0 Å². The maximum absolute atomic E-state index is 11.6. The summed E-state index contributed by atoms with van der Waals surface area (Å²) in [6.45, 7) is 1.88. The lowest BCUT2D eigenvalue weighted by Gasteiger charge is -2.08. The van der Waals surface area contributed by atoms with Crippen LogP contribution in [-0.2, 0) is 20.7 Å². The van der Waals surface area contributed by atoms with Crippen LogP contribution in [0.1, 0.15) is 31.7 Å². The third-order valence-electron chi connectivity index (χ3n) is 2.91. The van der Waals surface area contributed by atoms with Crippen LogP contribution in [0.25, 0.3) is 0 Å². The van der Waals surface area contributed by atoms with Crippen molar-refractivity contribution >= 4 is 30.0 Å². The lowest BCUT2D eigenvalue weighted by atomic mass is 10.1. The van der Waals surface area contributed by atoms with Gasteiger partial charge in [0, 0.05) is 24.6 Å². The predicted molar refractivity (Wildman–Crippen MR) is 85.5 cm³/mol. The van der Waals surface area contributed by atoms with Crippen LogP contribution >= 0.6 is 12.4 Å². The highest BCUT2D eigenvalue weighted by Crippen LogP contribution is 2.12. The van der Waals surface area contributed by atoms with Crippen molar-refractivity contribution in [1.82, 2.24) is 0 Å². The van der Waals surface area contributed by atoms with Gasteiger partial charge in [-0.25, -0.2) is 0 Å². The molecule has 0 bridgehead atoms. The molecule has 0 radical (unpaired) electrons. The molecule has 1 atom stereocenters. The second-order valence-electron chi connectivity index (χ2n) is 4.84. The van der Waals surface area contributed by atoms with Gasteiger partial charge in [-0.05, 0) is 37.5 Å². The Bertz CT molecular complexity index is 447. The fourth-order valence-electron chi connectivity index (χ4n) is 1.69. The van der Waals surface area contributed by atoms with Crippen molar-refractivity contribution in [3.8, 4) is 0 Å². The summed E-state index contributed by atoms with van der Waals surface area (Å²) in [7, 11) is 1.38. The Kier molecular flexibility index (Phi) is 9.41. The van der Waals surface area contributed by atoms with Gasteiger partial charge in [-0.15, -0.1) is 12.4 Å². The number of anilines is 1. The minimum atomic E-state index is -0.224. The molecule has 118 valence electrons. The van der Waals surface area contributed by atoms with Crippen LogP contribution < -0.4 is 11.1 Å². The number of esters is 1. The SMILES string of the molecule is COC(=O)CCc1ccc(NC(=O)CCC(C)N)cc1.Cl. The molecule has 3 N–H and O–H groups in total. The molecule has 0 aliphatic carbocycles. The summed E-state index contributed by atoms with van der Waals surface area (Å²) in [5.41, 5.74) is 7.39. The third-order valence-corrected chi connectivity index (χ3v) is 2.91. The van der Waals surface area contributed by atoms with E-state index in [1.165, 1.54) is 7.11 Å². The number of benzene rings is 1. The smallest absolute Gasteiger partial charge is 0.305 e. The summed E-state index contributed by atoms with van der Waals surface area (Å²) in [5, 5.41) is 2.81. The lowest BCUT2D eigenvalue weighted by Crippen LogP contribution is -2.19. The zero-order valence-corrected chi connectivity index (χ0v) is 13.2. The minimum absolute atomic E-state index is 0. The van der Waals surface area contributed by atoms with E-state index < -0.39 is 0 Å². The number of ether oxygens (including phenoxy) is 1. The highest BCUT2D eigenvalue weighted by atomic mass is 35.5. The standard InChI is InChI=1S/C15H22N2O3.ClH/c1-11(16)3-9-14(18)17-13-7-4-12(5-8-13)6-10-15(19)20-2;/h4-5,7-8,11H,3,6,9-10,16H2,1-2H3,(H,17,18);1H. The van der Waals surface area contributed by atoms with Gasteiger partial charge in [-0.3, -0.25) is 9.59 Å². The van der Waals surface area contributed by atoms with Crippen molar-refractivity contribution in [2.24, 2.45) is 5.73 Å². The number of methoxy groups -OCH3 is 1. The molecule has 0 aliphatic heterocycles. The Labute approximate surface area is 131 Å². The highest BCUT2D eigenvalue weighted by molar-refractivity contribution is 5.90. The van der Waals surface area contributed by atoms with Gasteiger partial charge in [0.15, 0.2) is 0 Å². The lowest BCUT2D eigenvalue weighted by molar-refractivity contribution is -0.140. The van der Waals surface area contributed by atoms with Crippen LogP contribution in [0.2, 0.25) is 0 Å². The monoisotopic (exact) mass is 314 g/mol. The molecule has 0 aliphatic rings. The molecular formula is C15H23ClN2O3. The summed E-state index contributed by atoms with van der Waals surface area (Å²) in [6, 6.07) is 7.47. The Morgan fingerprint density at radius 3 is 2.38 bits per heavy atom. The van der Waals surface area contributed by atoms with E-state index in [0.29, 0.717) is 25.7 Å². The quantitative estimate of drug-likeness (QED) is 0.757. The van der Waals surface area contributed by atoms with Crippen molar-refractivity contribution in [2.45, 2.75) is 38.6 Å². The third kappa shape index (κ3) is 8.32. The van der Waals surface area contributed by atoms with Crippen LogP contribution in [0, 0.1) is 0 Å². The fraction of sp³-hybridized carbons (Fsp3) is 0.467. The van der Waals surface area contributed by atoms with Crippen molar-refractivity contribution in [3.63, 3.8) is 0 Å². The van der Waals surface area contributed by atoms with Crippen LogP contribution in [0.3, 0.4) is 0 Å². The highest BCUT2D eigenvalue weighted by Gasteiger charge is 2.05. The molecule has 1 aromatic rings. The Hall–Kier alpha value is -1.59. The molecule has 1 rings (SSSR count). The number of nitrogens with one attached hydrogen (secondary N) is 1. The van der Waals surface area contributed by atoms with Gasteiger partial charge in [0.05, 0.1) is 7.11 Å². The molecular weight excluding hydrogens is 292 g/mol. The first-order chi connectivity index (χ1) is 9.51. The molecule has 0 heterocycles. The number of carbonyl (C=O) groups is 2. The van der Waals surface area contributed by atoms with Crippen molar-refractivity contribution in [2.75, 3.05) is 12.4 Å². The van der Waals surface area contributed by atoms with E-state index in [1.807, 2.05) is 31.2 Å². The van der Waals surface area contributed by atoms with Crippen molar-refractivity contribution < 1.29 is 14.3 Å². The Morgan fingerprint density at radius 2 is 1.86 bits per heavy atom. The molecule has 1 aromatic carbocycles. The molecule has 1 unspecified atom stereocenters. The second-order valence-corrected chi connectivity index (χ2v) is 4.84. The summed E-state index contributed by atoms with van der Waals surface area (Å²) in [4.78, 5) is 22.7. The average Bonchev–Trinajstić information content (AvgIpc) is 2.44. The topological polar surface area (TPSA) is 81.4 Å². The molecule has 6 heteroatoms. The first-order valence-electron chi connectivity index (χ1n) is 6.72. The molecule has 0 saturated heterocycles. The number of aryl methyl sites for hydroxylation is 1. The van der Waals surface area contributed by atoms with Crippen LogP contribution in [-0.4, -0.2) is 25.0 Å². The van der Waals surface area contributed by atoms with E-state index in [-0.39, 0.29) is 30.3 Å². The molecule has 1 amide bonds. The van der Waals surface area contributed by atoms with E-state index in [2.05, 4.69) is 10.1 Å². The van der Waals surface area contributed by atoms with Crippen LogP contribution in [0.15, 0.2) is 24.3 Å². The molecule has 0 fully saturated rings. The van der Waals surface area contributed by atoms with Crippen LogP contribution in [0.5, 0.6) is 0 Å².